The molecule has 11 heteroatoms. The van der Waals surface area contributed by atoms with E-state index in [2.05, 4.69) is 15.3 Å². The summed E-state index contributed by atoms with van der Waals surface area (Å²) in [6.45, 7) is 0.938. The Bertz CT molecular complexity index is 1030. The van der Waals surface area contributed by atoms with Crippen LogP contribution in [0.4, 0.5) is 9.52 Å². The highest BCUT2D eigenvalue weighted by atomic mass is 32.2. The number of amides is 2. The number of fused-ring (bicyclic) bond motifs is 1. The average Bonchev–Trinajstić information content (AvgIpc) is 3.27. The Morgan fingerprint density at radius 3 is 3.00 bits per heavy atom. The van der Waals surface area contributed by atoms with E-state index in [1.807, 2.05) is 4.57 Å². The molecule has 28 heavy (non-hydrogen) atoms. The van der Waals surface area contributed by atoms with Gasteiger partial charge in [0.25, 0.3) is 5.91 Å². The smallest absolute Gasteiger partial charge is 0.258 e. The number of carbonyl (C=O) groups excluding carboxylic acids is 2. The molecule has 1 N–H and O–H groups in total. The molecule has 3 rings (SSSR count). The van der Waals surface area contributed by atoms with E-state index in [0.29, 0.717) is 27.8 Å². The summed E-state index contributed by atoms with van der Waals surface area (Å²) >= 11 is 3.75. The minimum Gasteiger partial charge on any atom is -0.383 e. The number of hydrogen-bond donors (Lipinski definition) is 1. The largest absolute Gasteiger partial charge is 0.383 e. The highest BCUT2D eigenvalue weighted by molar-refractivity contribution is 8.00. The van der Waals surface area contributed by atoms with Gasteiger partial charge in [-0.15, -0.1) is 23.1 Å². The van der Waals surface area contributed by atoms with Crippen molar-refractivity contribution in [2.24, 2.45) is 4.99 Å². The third kappa shape index (κ3) is 5.47. The lowest BCUT2D eigenvalue weighted by molar-refractivity contribution is -0.115. The van der Waals surface area contributed by atoms with E-state index in [1.54, 1.807) is 24.8 Å². The Kier molecular flexibility index (Phi) is 7.31. The molecular formula is C17H17FN4O3S3. The number of nitrogens with zero attached hydrogens (tertiary/aromatic N) is 3. The molecule has 0 aliphatic rings. The fraction of sp³-hybridized carbons (Fsp3) is 0.294. The second-order valence-electron chi connectivity index (χ2n) is 5.52. The molecule has 2 heterocycles. The summed E-state index contributed by atoms with van der Waals surface area (Å²) in [5, 5.41) is 4.95. The summed E-state index contributed by atoms with van der Waals surface area (Å²) in [4.78, 5) is 32.7. The second kappa shape index (κ2) is 9.92. The van der Waals surface area contributed by atoms with Crippen LogP contribution in [0.15, 0.2) is 34.8 Å². The molecule has 0 aliphatic heterocycles. The number of thiazole rings is 2. The molecule has 0 atom stereocenters. The molecule has 2 aromatic heterocycles. The first-order valence-electron chi connectivity index (χ1n) is 8.19. The Balaban J connectivity index is 1.66. The van der Waals surface area contributed by atoms with Crippen LogP contribution in [-0.2, 0) is 20.9 Å². The summed E-state index contributed by atoms with van der Waals surface area (Å²) in [7, 11) is 1.59. The fourth-order valence-corrected chi connectivity index (χ4v) is 4.58. The van der Waals surface area contributed by atoms with Gasteiger partial charge in [-0.2, -0.15) is 4.99 Å². The van der Waals surface area contributed by atoms with E-state index in [9.17, 15) is 14.0 Å². The lowest BCUT2D eigenvalue weighted by Crippen LogP contribution is -2.20. The van der Waals surface area contributed by atoms with E-state index in [1.165, 1.54) is 46.6 Å². The first-order chi connectivity index (χ1) is 13.6. The first-order valence-corrected chi connectivity index (χ1v) is 11.0. The molecule has 0 unspecified atom stereocenters. The van der Waals surface area contributed by atoms with Gasteiger partial charge in [-0.25, -0.2) is 9.37 Å². The third-order valence-electron chi connectivity index (χ3n) is 3.52. The molecule has 2 amide bonds. The molecule has 148 valence electrons. The van der Waals surface area contributed by atoms with Crippen LogP contribution in [-0.4, -0.2) is 46.6 Å². The summed E-state index contributed by atoms with van der Waals surface area (Å²) in [5.74, 6) is -0.724. The minimum absolute atomic E-state index is 0.0676. The Morgan fingerprint density at radius 1 is 1.39 bits per heavy atom. The number of thioether (sulfide) groups is 1. The van der Waals surface area contributed by atoms with Crippen molar-refractivity contribution in [3.8, 4) is 0 Å². The van der Waals surface area contributed by atoms with E-state index in [4.69, 9.17) is 4.74 Å². The molecule has 0 fully saturated rings. The Morgan fingerprint density at radius 2 is 2.25 bits per heavy atom. The van der Waals surface area contributed by atoms with E-state index < -0.39 is 0 Å². The second-order valence-corrected chi connectivity index (χ2v) is 8.41. The van der Waals surface area contributed by atoms with Crippen LogP contribution in [0.25, 0.3) is 10.2 Å². The van der Waals surface area contributed by atoms with Gasteiger partial charge in [-0.05, 0) is 18.2 Å². The van der Waals surface area contributed by atoms with Gasteiger partial charge >= 0.3 is 0 Å². The molecule has 0 bridgehead atoms. The maximum absolute atomic E-state index is 13.5. The summed E-state index contributed by atoms with van der Waals surface area (Å²) < 4.78 is 21.2. The van der Waals surface area contributed by atoms with Gasteiger partial charge in [0, 0.05) is 25.2 Å². The summed E-state index contributed by atoms with van der Waals surface area (Å²) in [5.41, 5.74) is 0.797. The molecule has 0 saturated heterocycles. The lowest BCUT2D eigenvalue weighted by atomic mass is 10.3. The number of rotatable bonds is 8. The molecule has 0 spiro atoms. The molecule has 7 nitrogen and oxygen atoms in total. The number of anilines is 1. The van der Waals surface area contributed by atoms with E-state index in [-0.39, 0.29) is 29.1 Å². The van der Waals surface area contributed by atoms with Crippen LogP contribution in [0.2, 0.25) is 0 Å². The number of halogens is 1. The maximum atomic E-state index is 13.5. The van der Waals surface area contributed by atoms with Crippen molar-refractivity contribution in [3.63, 3.8) is 0 Å². The van der Waals surface area contributed by atoms with Crippen molar-refractivity contribution in [2.45, 2.75) is 6.54 Å². The van der Waals surface area contributed by atoms with Crippen LogP contribution in [0, 0.1) is 5.82 Å². The quantitative estimate of drug-likeness (QED) is 0.582. The predicted molar refractivity (Wildman–Crippen MR) is 110 cm³/mol. The number of aromatic nitrogens is 2. The minimum atomic E-state index is -0.356. The third-order valence-corrected chi connectivity index (χ3v) is 6.17. The maximum Gasteiger partial charge on any atom is 0.258 e. The van der Waals surface area contributed by atoms with Crippen molar-refractivity contribution in [1.29, 1.82) is 0 Å². The van der Waals surface area contributed by atoms with Crippen LogP contribution < -0.4 is 10.1 Å². The topological polar surface area (TPSA) is 85.6 Å². The highest BCUT2D eigenvalue weighted by Crippen LogP contribution is 2.18. The lowest BCUT2D eigenvalue weighted by Gasteiger charge is -2.04. The number of benzene rings is 1. The van der Waals surface area contributed by atoms with Crippen molar-refractivity contribution in [2.75, 3.05) is 30.5 Å². The number of hydrogen-bond acceptors (Lipinski definition) is 7. The normalized spacial score (nSPS) is 11.9. The average molecular weight is 441 g/mol. The Labute approximate surface area is 172 Å². The van der Waals surface area contributed by atoms with Gasteiger partial charge in [0.15, 0.2) is 9.93 Å². The van der Waals surface area contributed by atoms with Crippen LogP contribution in [0.1, 0.15) is 0 Å². The predicted octanol–water partition coefficient (Wildman–Crippen LogP) is 2.74. The standard InChI is InChI=1S/C17H17FN4O3S3/c1-25-6-5-22-12-3-2-11(18)8-13(12)28-17(22)21-15(24)10-26-9-14(23)20-16-19-4-7-27-16/h2-4,7-8H,5-6,9-10H2,1H3,(H,19,20,23). The van der Waals surface area contributed by atoms with Gasteiger partial charge in [0.1, 0.15) is 5.82 Å². The van der Waals surface area contributed by atoms with Crippen molar-refractivity contribution < 1.29 is 18.7 Å². The van der Waals surface area contributed by atoms with Gasteiger partial charge in [0.05, 0.1) is 28.3 Å². The SMILES string of the molecule is COCCn1c(=NC(=O)CSCC(=O)Nc2nccs2)sc2cc(F)ccc21. The van der Waals surface area contributed by atoms with E-state index in [0.717, 1.165) is 5.52 Å². The van der Waals surface area contributed by atoms with Gasteiger partial charge in [-0.1, -0.05) is 11.3 Å². The zero-order valence-corrected chi connectivity index (χ0v) is 17.3. The molecular weight excluding hydrogens is 423 g/mol. The molecule has 0 radical (unpaired) electrons. The van der Waals surface area contributed by atoms with Gasteiger partial charge < -0.3 is 14.6 Å². The van der Waals surface area contributed by atoms with Gasteiger partial charge in [-0.3, -0.25) is 9.59 Å². The number of nitrogens with one attached hydrogen (secondary N) is 1. The van der Waals surface area contributed by atoms with Crippen LogP contribution in [0.5, 0.6) is 0 Å². The fourth-order valence-electron chi connectivity index (χ4n) is 2.34. The zero-order chi connectivity index (χ0) is 19.9. The highest BCUT2D eigenvalue weighted by Gasteiger charge is 2.10. The summed E-state index contributed by atoms with van der Waals surface area (Å²) in [6, 6.07) is 4.46. The number of methoxy groups -OCH3 is 1. The van der Waals surface area contributed by atoms with Gasteiger partial charge in [0.2, 0.25) is 5.91 Å². The molecule has 0 saturated carbocycles. The van der Waals surface area contributed by atoms with Crippen molar-refractivity contribution in [3.05, 3.63) is 40.4 Å². The molecule has 0 aliphatic carbocycles. The van der Waals surface area contributed by atoms with Crippen LogP contribution >= 0.6 is 34.4 Å². The zero-order valence-electron chi connectivity index (χ0n) is 14.9. The monoisotopic (exact) mass is 440 g/mol. The van der Waals surface area contributed by atoms with Crippen molar-refractivity contribution >= 4 is 61.6 Å². The number of carbonyl (C=O) groups is 2. The first kappa shape index (κ1) is 20.6. The number of ether oxygens (including phenoxy) is 1. The molecule has 1 aromatic carbocycles. The van der Waals surface area contributed by atoms with Crippen molar-refractivity contribution in [1.82, 2.24) is 9.55 Å². The van der Waals surface area contributed by atoms with Crippen LogP contribution in [0.3, 0.4) is 0 Å². The molecule has 3 aromatic rings. The summed E-state index contributed by atoms with van der Waals surface area (Å²) in [6.07, 6.45) is 1.60. The Hall–Kier alpha value is -2.08. The van der Waals surface area contributed by atoms with E-state index >= 15 is 0 Å².